The normalized spacial score (nSPS) is 16.7. The van der Waals surface area contributed by atoms with Crippen LogP contribution in [0.2, 0.25) is 0 Å². The van der Waals surface area contributed by atoms with E-state index in [2.05, 4.69) is 67.9 Å². The second-order valence-corrected chi connectivity index (χ2v) is 12.0. The van der Waals surface area contributed by atoms with Gasteiger partial charge in [-0.1, -0.05) is 106 Å². The van der Waals surface area contributed by atoms with Crippen molar-refractivity contribution in [2.45, 2.75) is 70.8 Å². The summed E-state index contributed by atoms with van der Waals surface area (Å²) < 4.78 is 0. The van der Waals surface area contributed by atoms with E-state index >= 15 is 0 Å². The number of amides is 1. The average Bonchev–Trinajstić information content (AvgIpc) is 3.37. The van der Waals surface area contributed by atoms with Crippen LogP contribution in [0.1, 0.15) is 70.4 Å². The number of benzene rings is 2. The summed E-state index contributed by atoms with van der Waals surface area (Å²) in [4.78, 5) is 18.5. The van der Waals surface area contributed by atoms with Gasteiger partial charge in [0.25, 0.3) is 0 Å². The maximum absolute atomic E-state index is 13.3. The molecule has 1 aliphatic heterocycles. The Balaban J connectivity index is 1.58. The van der Waals surface area contributed by atoms with Crippen molar-refractivity contribution in [2.75, 3.05) is 26.2 Å². The zero-order chi connectivity index (χ0) is 27.4. The van der Waals surface area contributed by atoms with Gasteiger partial charge in [-0.3, -0.25) is 4.79 Å². The Kier molecular flexibility index (Phi) is 12.2. The Morgan fingerprint density at radius 2 is 1.74 bits per heavy atom. The van der Waals surface area contributed by atoms with Gasteiger partial charge >= 0.3 is 0 Å². The average molecular weight is 534 g/mol. The van der Waals surface area contributed by atoms with Crippen LogP contribution in [0.4, 0.5) is 0 Å². The topological polar surface area (TPSA) is 58.4 Å². The third-order valence-corrected chi connectivity index (χ3v) is 8.65. The number of carbonyl (C=O) groups is 1. The molecule has 0 spiro atoms. The van der Waals surface area contributed by atoms with E-state index in [1.54, 1.807) is 0 Å². The SMILES string of the molecule is C=C(CCCN1CCC(C(C(N)=O)(c2ccccc2)c2ccccc2)C1)S/C(=C\CC)CCCNC(C)C. The molecule has 0 aromatic heterocycles. The van der Waals surface area contributed by atoms with Gasteiger partial charge in [-0.15, -0.1) is 0 Å². The number of primary amides is 1. The summed E-state index contributed by atoms with van der Waals surface area (Å²) in [6.45, 7) is 14.9. The molecule has 3 rings (SSSR count). The number of likely N-dealkylation sites (tertiary alicyclic amines) is 1. The molecule has 0 aliphatic carbocycles. The van der Waals surface area contributed by atoms with Crippen molar-refractivity contribution in [3.8, 4) is 0 Å². The van der Waals surface area contributed by atoms with Crippen LogP contribution in [-0.2, 0) is 10.2 Å². The molecule has 1 saturated heterocycles. The zero-order valence-electron chi connectivity index (χ0n) is 23.6. The smallest absolute Gasteiger partial charge is 0.232 e. The van der Waals surface area contributed by atoms with Gasteiger partial charge in [0.05, 0.1) is 0 Å². The van der Waals surface area contributed by atoms with E-state index < -0.39 is 5.41 Å². The predicted molar refractivity (Wildman–Crippen MR) is 164 cm³/mol. The van der Waals surface area contributed by atoms with Crippen LogP contribution in [0.5, 0.6) is 0 Å². The molecule has 0 radical (unpaired) electrons. The van der Waals surface area contributed by atoms with Crippen LogP contribution < -0.4 is 11.1 Å². The van der Waals surface area contributed by atoms with Crippen molar-refractivity contribution in [3.05, 3.63) is 94.3 Å². The Bertz CT molecular complexity index is 995. The quantitative estimate of drug-likeness (QED) is 0.231. The van der Waals surface area contributed by atoms with E-state index in [1.165, 1.54) is 9.81 Å². The minimum atomic E-state index is -0.818. The van der Waals surface area contributed by atoms with E-state index in [0.29, 0.717) is 6.04 Å². The summed E-state index contributed by atoms with van der Waals surface area (Å²) in [6, 6.07) is 20.8. The van der Waals surface area contributed by atoms with Crippen molar-refractivity contribution in [3.63, 3.8) is 0 Å². The number of hydrogen-bond acceptors (Lipinski definition) is 4. The first kappa shape index (κ1) is 30.2. The number of nitrogens with one attached hydrogen (secondary N) is 1. The summed E-state index contributed by atoms with van der Waals surface area (Å²) in [7, 11) is 0. The molecule has 4 nitrogen and oxygen atoms in total. The molecule has 38 heavy (non-hydrogen) atoms. The first-order valence-corrected chi connectivity index (χ1v) is 15.1. The van der Waals surface area contributed by atoms with Gasteiger partial charge in [0, 0.05) is 12.6 Å². The fourth-order valence-electron chi connectivity index (χ4n) is 5.73. The van der Waals surface area contributed by atoms with E-state index in [1.807, 2.05) is 48.2 Å². The van der Waals surface area contributed by atoms with Crippen molar-refractivity contribution < 1.29 is 4.79 Å². The molecule has 1 heterocycles. The van der Waals surface area contributed by atoms with Crippen LogP contribution in [0.15, 0.2) is 83.1 Å². The first-order valence-electron chi connectivity index (χ1n) is 14.3. The molecule has 3 N–H and O–H groups in total. The first-order chi connectivity index (χ1) is 18.4. The predicted octanol–water partition coefficient (Wildman–Crippen LogP) is 6.88. The Hall–Kier alpha value is -2.34. The summed E-state index contributed by atoms with van der Waals surface area (Å²) in [5.74, 6) is -0.119. The summed E-state index contributed by atoms with van der Waals surface area (Å²) >= 11 is 1.87. The lowest BCUT2D eigenvalue weighted by atomic mass is 9.64. The Labute approximate surface area is 235 Å². The van der Waals surface area contributed by atoms with Gasteiger partial charge in [0.2, 0.25) is 5.91 Å². The highest BCUT2D eigenvalue weighted by Gasteiger charge is 2.49. The molecule has 1 amide bonds. The fraction of sp³-hybridized carbons (Fsp3) is 0.485. The van der Waals surface area contributed by atoms with Gasteiger partial charge in [-0.2, -0.15) is 0 Å². The minimum Gasteiger partial charge on any atom is -0.369 e. The van der Waals surface area contributed by atoms with Crippen molar-refractivity contribution in [2.24, 2.45) is 11.7 Å². The number of carbonyl (C=O) groups excluding carboxylic acids is 1. The molecule has 1 atom stereocenters. The van der Waals surface area contributed by atoms with Crippen LogP contribution in [0, 0.1) is 5.92 Å². The molecule has 5 heteroatoms. The third-order valence-electron chi connectivity index (χ3n) is 7.52. The number of nitrogens with two attached hydrogens (primary N) is 1. The summed E-state index contributed by atoms with van der Waals surface area (Å²) in [5.41, 5.74) is 7.42. The Morgan fingerprint density at radius 1 is 1.11 bits per heavy atom. The molecule has 1 aliphatic rings. The van der Waals surface area contributed by atoms with Crippen LogP contribution in [-0.4, -0.2) is 43.0 Å². The number of rotatable bonds is 16. The van der Waals surface area contributed by atoms with Crippen molar-refractivity contribution >= 4 is 17.7 Å². The molecular weight excluding hydrogens is 486 g/mol. The maximum atomic E-state index is 13.3. The van der Waals surface area contributed by atoms with Crippen molar-refractivity contribution in [1.82, 2.24) is 10.2 Å². The molecule has 206 valence electrons. The zero-order valence-corrected chi connectivity index (χ0v) is 24.4. The number of thioether (sulfide) groups is 1. The van der Waals surface area contributed by atoms with Gasteiger partial charge < -0.3 is 16.0 Å². The van der Waals surface area contributed by atoms with Gasteiger partial charge in [0.15, 0.2) is 0 Å². The lowest BCUT2D eigenvalue weighted by Crippen LogP contribution is -2.49. The van der Waals surface area contributed by atoms with Crippen LogP contribution >= 0.6 is 11.8 Å². The van der Waals surface area contributed by atoms with Crippen LogP contribution in [0.3, 0.4) is 0 Å². The second-order valence-electron chi connectivity index (χ2n) is 10.7. The molecule has 1 unspecified atom stereocenters. The van der Waals surface area contributed by atoms with Gasteiger partial charge in [0.1, 0.15) is 5.41 Å². The number of nitrogens with zero attached hydrogens (tertiary/aromatic N) is 1. The molecular formula is C33H47N3OS. The fourth-order valence-corrected chi connectivity index (χ4v) is 6.84. The molecule has 0 bridgehead atoms. The highest BCUT2D eigenvalue weighted by atomic mass is 32.2. The molecule has 2 aromatic carbocycles. The highest BCUT2D eigenvalue weighted by molar-refractivity contribution is 8.06. The minimum absolute atomic E-state index is 0.140. The van der Waals surface area contributed by atoms with Gasteiger partial charge in [-0.25, -0.2) is 0 Å². The molecule has 1 fully saturated rings. The highest BCUT2D eigenvalue weighted by Crippen LogP contribution is 2.43. The van der Waals surface area contributed by atoms with Crippen LogP contribution in [0.25, 0.3) is 0 Å². The van der Waals surface area contributed by atoms with Gasteiger partial charge in [-0.05, 0) is 85.0 Å². The lowest BCUT2D eigenvalue weighted by Gasteiger charge is -2.37. The number of allylic oxidation sites excluding steroid dienone is 3. The lowest BCUT2D eigenvalue weighted by molar-refractivity contribution is -0.123. The van der Waals surface area contributed by atoms with E-state index in [9.17, 15) is 4.79 Å². The number of hydrogen-bond donors (Lipinski definition) is 2. The van der Waals surface area contributed by atoms with E-state index in [0.717, 1.165) is 75.8 Å². The molecule has 0 saturated carbocycles. The monoisotopic (exact) mass is 533 g/mol. The molecule has 2 aromatic rings. The summed E-state index contributed by atoms with van der Waals surface area (Å²) in [6.07, 6.45) is 8.72. The Morgan fingerprint density at radius 3 is 2.29 bits per heavy atom. The van der Waals surface area contributed by atoms with Crippen molar-refractivity contribution in [1.29, 1.82) is 0 Å². The maximum Gasteiger partial charge on any atom is 0.232 e. The standard InChI is InChI=1S/C33H47N3OS/c1-5-14-31(20-12-22-35-26(2)3)38-27(4)15-13-23-36-24-21-30(25-36)33(32(34)37,28-16-8-6-9-17-28)29-18-10-7-11-19-29/h6-11,14,16-19,26,30,35H,4-5,12-13,15,20-25H2,1-3H3,(H2,34,37)/b31-14-. The summed E-state index contributed by atoms with van der Waals surface area (Å²) in [5, 5.41) is 3.51. The second kappa shape index (κ2) is 15.3. The largest absolute Gasteiger partial charge is 0.369 e. The van der Waals surface area contributed by atoms with E-state index in [-0.39, 0.29) is 11.8 Å². The van der Waals surface area contributed by atoms with E-state index in [4.69, 9.17) is 5.73 Å². The third kappa shape index (κ3) is 8.08.